The first-order valence-corrected chi connectivity index (χ1v) is 7.62. The Morgan fingerprint density at radius 2 is 2.10 bits per heavy atom. The number of carbonyl (C=O) groups is 1. The van der Waals surface area contributed by atoms with Crippen LogP contribution in [0.3, 0.4) is 0 Å². The quantitative estimate of drug-likeness (QED) is 0.785. The zero-order valence-electron chi connectivity index (χ0n) is 12.9. The summed E-state index contributed by atoms with van der Waals surface area (Å²) in [6.07, 6.45) is 2.56. The molecule has 1 aromatic carbocycles. The van der Waals surface area contributed by atoms with Gasteiger partial charge in [-0.05, 0) is 58.0 Å². The van der Waals surface area contributed by atoms with Crippen molar-refractivity contribution in [3.63, 3.8) is 0 Å². The van der Waals surface area contributed by atoms with Crippen LogP contribution in [-0.2, 0) is 0 Å². The van der Waals surface area contributed by atoms with E-state index in [1.807, 2.05) is 13.8 Å². The fraction of sp³-hybridized carbons (Fsp3) is 0.562. The van der Waals surface area contributed by atoms with Crippen LogP contribution < -0.4 is 15.8 Å². The van der Waals surface area contributed by atoms with Gasteiger partial charge in [0.05, 0.1) is 5.69 Å². The lowest BCUT2D eigenvalue weighted by atomic mass is 10.1. The van der Waals surface area contributed by atoms with Crippen molar-refractivity contribution in [2.24, 2.45) is 0 Å². The van der Waals surface area contributed by atoms with Gasteiger partial charge in [0.15, 0.2) is 0 Å². The van der Waals surface area contributed by atoms with Gasteiger partial charge in [0.1, 0.15) is 12.4 Å². The zero-order valence-corrected chi connectivity index (χ0v) is 12.9. The van der Waals surface area contributed by atoms with Crippen molar-refractivity contribution in [3.8, 4) is 5.75 Å². The summed E-state index contributed by atoms with van der Waals surface area (Å²) in [5.74, 6) is 0.538. The van der Waals surface area contributed by atoms with Crippen molar-refractivity contribution in [2.45, 2.75) is 32.7 Å². The van der Waals surface area contributed by atoms with Crippen LogP contribution in [0.4, 0.5) is 5.69 Å². The van der Waals surface area contributed by atoms with Crippen molar-refractivity contribution in [1.29, 1.82) is 0 Å². The first-order valence-electron chi connectivity index (χ1n) is 7.62. The summed E-state index contributed by atoms with van der Waals surface area (Å²) in [6, 6.07) is 5.30. The smallest absolute Gasteiger partial charge is 0.251 e. The lowest BCUT2D eigenvalue weighted by molar-refractivity contribution is 0.0943. The number of nitrogens with zero attached hydrogens (tertiary/aromatic N) is 1. The van der Waals surface area contributed by atoms with Crippen LogP contribution in [0, 0.1) is 0 Å². The van der Waals surface area contributed by atoms with Gasteiger partial charge in [0.2, 0.25) is 0 Å². The Labute approximate surface area is 126 Å². The molecular formula is C16H25N3O2. The average molecular weight is 291 g/mol. The predicted octanol–water partition coefficient (Wildman–Crippen LogP) is 1.88. The summed E-state index contributed by atoms with van der Waals surface area (Å²) in [5.41, 5.74) is 7.04. The number of amides is 1. The maximum absolute atomic E-state index is 11.9. The molecule has 116 valence electrons. The number of nitrogens with two attached hydrogens (primary N) is 1. The van der Waals surface area contributed by atoms with E-state index in [2.05, 4.69) is 10.2 Å². The molecule has 5 nitrogen and oxygen atoms in total. The highest BCUT2D eigenvalue weighted by atomic mass is 16.5. The van der Waals surface area contributed by atoms with Gasteiger partial charge in [0.25, 0.3) is 5.91 Å². The summed E-state index contributed by atoms with van der Waals surface area (Å²) < 4.78 is 5.72. The summed E-state index contributed by atoms with van der Waals surface area (Å²) >= 11 is 0. The molecule has 1 saturated heterocycles. The fourth-order valence-corrected chi connectivity index (χ4v) is 2.46. The van der Waals surface area contributed by atoms with Crippen LogP contribution in [0.25, 0.3) is 0 Å². The van der Waals surface area contributed by atoms with Crippen LogP contribution in [0.15, 0.2) is 18.2 Å². The first-order chi connectivity index (χ1) is 10.1. The van der Waals surface area contributed by atoms with E-state index in [1.165, 1.54) is 12.8 Å². The number of carbonyl (C=O) groups excluding carboxylic acids is 1. The highest BCUT2D eigenvalue weighted by Gasteiger charge is 2.12. The summed E-state index contributed by atoms with van der Waals surface area (Å²) in [7, 11) is 0. The molecule has 0 atom stereocenters. The van der Waals surface area contributed by atoms with Crippen LogP contribution in [-0.4, -0.2) is 43.1 Å². The van der Waals surface area contributed by atoms with Gasteiger partial charge in [-0.15, -0.1) is 0 Å². The summed E-state index contributed by atoms with van der Waals surface area (Å²) in [6.45, 7) is 7.73. The Morgan fingerprint density at radius 3 is 2.71 bits per heavy atom. The Bertz CT molecular complexity index is 482. The fourth-order valence-electron chi connectivity index (χ4n) is 2.46. The number of benzene rings is 1. The van der Waals surface area contributed by atoms with Gasteiger partial charge >= 0.3 is 0 Å². The second-order valence-corrected chi connectivity index (χ2v) is 5.78. The number of nitrogen functional groups attached to an aromatic ring is 1. The highest BCUT2D eigenvalue weighted by Crippen LogP contribution is 2.22. The monoisotopic (exact) mass is 291 g/mol. The van der Waals surface area contributed by atoms with Gasteiger partial charge in [-0.1, -0.05) is 0 Å². The molecule has 0 saturated carbocycles. The van der Waals surface area contributed by atoms with Crippen molar-refractivity contribution in [1.82, 2.24) is 10.2 Å². The molecule has 1 amide bonds. The molecule has 1 aliphatic heterocycles. The Balaban J connectivity index is 1.87. The average Bonchev–Trinajstić information content (AvgIpc) is 2.93. The summed E-state index contributed by atoms with van der Waals surface area (Å²) in [5, 5.41) is 2.84. The molecule has 5 heteroatoms. The van der Waals surface area contributed by atoms with Crippen LogP contribution in [0.2, 0.25) is 0 Å². The molecule has 1 aromatic rings. The highest BCUT2D eigenvalue weighted by molar-refractivity contribution is 5.95. The molecule has 1 aliphatic rings. The number of ether oxygens (including phenoxy) is 1. The minimum absolute atomic E-state index is 0.107. The maximum atomic E-state index is 11.9. The van der Waals surface area contributed by atoms with Gasteiger partial charge in [-0.25, -0.2) is 0 Å². The minimum atomic E-state index is -0.111. The lowest BCUT2D eigenvalue weighted by Gasteiger charge is -2.16. The molecule has 1 fully saturated rings. The summed E-state index contributed by atoms with van der Waals surface area (Å²) in [4.78, 5) is 14.3. The van der Waals surface area contributed by atoms with Gasteiger partial charge in [-0.3, -0.25) is 9.69 Å². The van der Waals surface area contributed by atoms with Crippen molar-refractivity contribution < 1.29 is 9.53 Å². The van der Waals surface area contributed by atoms with E-state index in [-0.39, 0.29) is 11.9 Å². The Kier molecular flexibility index (Phi) is 5.44. The largest absolute Gasteiger partial charge is 0.490 e. The van der Waals surface area contributed by atoms with E-state index in [9.17, 15) is 4.79 Å². The number of hydrogen-bond donors (Lipinski definition) is 2. The van der Waals surface area contributed by atoms with E-state index >= 15 is 0 Å². The van der Waals surface area contributed by atoms with Gasteiger partial charge in [0, 0.05) is 18.2 Å². The Morgan fingerprint density at radius 1 is 1.38 bits per heavy atom. The molecular weight excluding hydrogens is 266 g/mol. The molecule has 0 spiro atoms. The number of anilines is 1. The van der Waals surface area contributed by atoms with Crippen molar-refractivity contribution in [2.75, 3.05) is 32.0 Å². The van der Waals surface area contributed by atoms with E-state index in [0.29, 0.717) is 23.6 Å². The third kappa shape index (κ3) is 4.63. The van der Waals surface area contributed by atoms with Crippen molar-refractivity contribution in [3.05, 3.63) is 23.8 Å². The SMILES string of the molecule is CC(C)NC(=O)c1ccc(OCCN2CCCC2)c(N)c1. The third-order valence-electron chi connectivity index (χ3n) is 3.56. The molecule has 3 N–H and O–H groups in total. The van der Waals surface area contributed by atoms with Crippen LogP contribution >= 0.6 is 0 Å². The second kappa shape index (κ2) is 7.31. The van der Waals surface area contributed by atoms with Gasteiger partial charge in [-0.2, -0.15) is 0 Å². The lowest BCUT2D eigenvalue weighted by Crippen LogP contribution is -2.30. The number of nitrogens with one attached hydrogen (secondary N) is 1. The molecule has 0 unspecified atom stereocenters. The normalized spacial score (nSPS) is 15.4. The molecule has 0 bridgehead atoms. The number of likely N-dealkylation sites (tertiary alicyclic amines) is 1. The first kappa shape index (κ1) is 15.6. The second-order valence-electron chi connectivity index (χ2n) is 5.78. The van der Waals surface area contributed by atoms with Gasteiger partial charge < -0.3 is 15.8 Å². The van der Waals surface area contributed by atoms with E-state index in [0.717, 1.165) is 19.6 Å². The number of hydrogen-bond acceptors (Lipinski definition) is 4. The van der Waals surface area contributed by atoms with E-state index < -0.39 is 0 Å². The standard InChI is InChI=1S/C16H25N3O2/c1-12(2)18-16(20)13-5-6-15(14(17)11-13)21-10-9-19-7-3-4-8-19/h5-6,11-12H,3-4,7-10,17H2,1-2H3,(H,18,20). The molecule has 0 aliphatic carbocycles. The van der Waals surface area contributed by atoms with E-state index in [4.69, 9.17) is 10.5 Å². The Hall–Kier alpha value is -1.75. The molecule has 1 heterocycles. The molecule has 0 aromatic heterocycles. The maximum Gasteiger partial charge on any atom is 0.251 e. The predicted molar refractivity (Wildman–Crippen MR) is 84.6 cm³/mol. The van der Waals surface area contributed by atoms with Crippen molar-refractivity contribution >= 4 is 11.6 Å². The molecule has 2 rings (SSSR count). The molecule has 0 radical (unpaired) electrons. The van der Waals surface area contributed by atoms with Crippen LogP contribution in [0.1, 0.15) is 37.0 Å². The minimum Gasteiger partial charge on any atom is -0.490 e. The molecule has 21 heavy (non-hydrogen) atoms. The topological polar surface area (TPSA) is 67.6 Å². The third-order valence-corrected chi connectivity index (χ3v) is 3.56. The van der Waals surface area contributed by atoms with Crippen LogP contribution in [0.5, 0.6) is 5.75 Å². The zero-order chi connectivity index (χ0) is 15.2. The van der Waals surface area contributed by atoms with E-state index in [1.54, 1.807) is 18.2 Å². The number of rotatable bonds is 6.